The Kier molecular flexibility index (Phi) is 82.3. The van der Waals surface area contributed by atoms with Gasteiger partial charge < -0.3 is 28.5 Å². The van der Waals surface area contributed by atoms with Gasteiger partial charge in [-0.2, -0.15) is 0 Å². The summed E-state index contributed by atoms with van der Waals surface area (Å²) in [5, 5.41) is 9.80. The van der Waals surface area contributed by atoms with Crippen LogP contribution in [0.25, 0.3) is 0 Å². The minimum absolute atomic E-state index is 0.182. The summed E-state index contributed by atoms with van der Waals surface area (Å²) in [4.78, 5) is 37.8. The third-order valence-electron chi connectivity index (χ3n) is 20.0. The lowest BCUT2D eigenvalue weighted by Crippen LogP contribution is -2.40. The number of hydrogen-bond donors (Lipinski definition) is 1. The molecule has 0 aromatic rings. The first-order chi connectivity index (χ1) is 51.6. The smallest absolute Gasteiger partial charge is 0.361 e. The summed E-state index contributed by atoms with van der Waals surface area (Å²) in [5.74, 6) is -1.99. The molecule has 9 heteroatoms. The summed E-state index contributed by atoms with van der Waals surface area (Å²) >= 11 is 0. The van der Waals surface area contributed by atoms with E-state index in [2.05, 4.69) is 123 Å². The van der Waals surface area contributed by atoms with Crippen LogP contribution in [0, 0.1) is 0 Å². The van der Waals surface area contributed by atoms with Crippen molar-refractivity contribution >= 4 is 17.9 Å². The third-order valence-corrected chi connectivity index (χ3v) is 20.0. The molecule has 0 aromatic carbocycles. The first-order valence-corrected chi connectivity index (χ1v) is 45.1. The minimum Gasteiger partial charge on any atom is -0.477 e. The van der Waals surface area contributed by atoms with E-state index in [1.54, 1.807) is 0 Å². The molecule has 105 heavy (non-hydrogen) atoms. The first kappa shape index (κ1) is 101. The van der Waals surface area contributed by atoms with E-state index in [0.29, 0.717) is 17.4 Å². The second-order valence-electron chi connectivity index (χ2n) is 31.5. The molecule has 0 aliphatic carbocycles. The lowest BCUT2D eigenvalue weighted by molar-refractivity contribution is -0.870. The van der Waals surface area contributed by atoms with Crippen LogP contribution in [0.5, 0.6) is 0 Å². The Hall–Kier alpha value is -4.05. The topological polar surface area (TPSA) is 108 Å². The van der Waals surface area contributed by atoms with Crippen LogP contribution in [0.4, 0.5) is 0 Å². The van der Waals surface area contributed by atoms with Crippen molar-refractivity contribution in [2.45, 2.75) is 437 Å². The molecule has 1 N–H and O–H groups in total. The first-order valence-electron chi connectivity index (χ1n) is 45.1. The number of rotatable bonds is 84. The molecule has 608 valence electrons. The van der Waals surface area contributed by atoms with Gasteiger partial charge in [-0.15, -0.1) is 0 Å². The zero-order chi connectivity index (χ0) is 76.0. The fourth-order valence-electron chi connectivity index (χ4n) is 13.3. The van der Waals surface area contributed by atoms with Gasteiger partial charge >= 0.3 is 17.9 Å². The second-order valence-corrected chi connectivity index (χ2v) is 31.5. The van der Waals surface area contributed by atoms with Crippen LogP contribution in [0.2, 0.25) is 0 Å². The van der Waals surface area contributed by atoms with Gasteiger partial charge in [-0.1, -0.05) is 438 Å². The maximum atomic E-state index is 13.0. The molecule has 0 saturated carbocycles. The number of aliphatic carboxylic acids is 1. The molecule has 0 fully saturated rings. The lowest BCUT2D eigenvalue weighted by atomic mass is 10.0. The molecule has 9 nitrogen and oxygen atoms in total. The molecule has 2 atom stereocenters. The van der Waals surface area contributed by atoms with Gasteiger partial charge in [-0.05, 0) is 83.5 Å². The van der Waals surface area contributed by atoms with Crippen molar-refractivity contribution in [1.82, 2.24) is 0 Å². The maximum absolute atomic E-state index is 13.0. The number of hydrogen-bond acceptors (Lipinski definition) is 7. The Morgan fingerprint density at radius 3 is 0.810 bits per heavy atom. The highest BCUT2D eigenvalue weighted by atomic mass is 16.7. The summed E-state index contributed by atoms with van der Waals surface area (Å²) in [6.07, 6.45) is 119. The molecule has 0 spiro atoms. The Morgan fingerprint density at radius 1 is 0.295 bits per heavy atom. The molecule has 0 heterocycles. The van der Waals surface area contributed by atoms with E-state index in [1.165, 1.54) is 295 Å². The van der Waals surface area contributed by atoms with Crippen molar-refractivity contribution in [2.75, 3.05) is 47.5 Å². The average Bonchev–Trinajstić information content (AvgIpc) is 1.18. The van der Waals surface area contributed by atoms with Gasteiger partial charge in [0.2, 0.25) is 0 Å². The number of nitrogens with zero attached hydrogens (tertiary/aromatic N) is 1. The molecule has 0 saturated heterocycles. The fourth-order valence-corrected chi connectivity index (χ4v) is 13.3. The van der Waals surface area contributed by atoms with Gasteiger partial charge in [0.25, 0.3) is 6.29 Å². The van der Waals surface area contributed by atoms with Crippen LogP contribution in [-0.2, 0) is 33.3 Å². The van der Waals surface area contributed by atoms with Gasteiger partial charge in [-0.3, -0.25) is 9.59 Å². The summed E-state index contributed by atoms with van der Waals surface area (Å²) in [5.41, 5.74) is 0. The van der Waals surface area contributed by atoms with Crippen molar-refractivity contribution in [3.63, 3.8) is 0 Å². The standard InChI is InChI=1S/C96H171NO8/c1-6-8-10-12-14-16-18-20-22-24-26-28-30-32-34-36-38-40-42-44-46-47-49-51-53-55-57-59-61-63-65-67-69-71-73-75-77-79-81-83-85-87-94(99)105-92(91-104-96(95(100)101)102-89-88-97(3,4)5)90-103-93(98)86-84-82-80-78-76-74-72-70-68-66-64-62-60-58-56-54-52-50-48-45-43-41-39-37-35-33-31-29-27-25-23-21-19-17-15-13-11-9-7-2/h8,10,14,16,20,22,26,28,32,34,38,40,44,46,49,51,55,57,92,96H,6-7,9,11-13,15,17-19,21,23-25,27,29-31,33,35-37,39,41-43,45,47-48,50,52-54,56,58-91H2,1-5H3/p+1/b10-8-,16-14-,22-20-,28-26-,34-32-,40-38-,46-44-,51-49-,57-55-. The number of esters is 2. The number of carboxylic acid groups (broad SMARTS) is 1. The highest BCUT2D eigenvalue weighted by molar-refractivity contribution is 5.71. The monoisotopic (exact) mass is 1470 g/mol. The summed E-state index contributed by atoms with van der Waals surface area (Å²) in [6.45, 7) is 4.82. The van der Waals surface area contributed by atoms with Gasteiger partial charge in [0, 0.05) is 12.8 Å². The van der Waals surface area contributed by atoms with Crippen molar-refractivity contribution in [3.05, 3.63) is 109 Å². The lowest BCUT2D eigenvalue weighted by Gasteiger charge is -2.25. The van der Waals surface area contributed by atoms with Crippen molar-refractivity contribution in [2.24, 2.45) is 0 Å². The zero-order valence-electron chi connectivity index (χ0n) is 69.9. The van der Waals surface area contributed by atoms with Gasteiger partial charge in [-0.25, -0.2) is 4.79 Å². The van der Waals surface area contributed by atoms with Crippen LogP contribution < -0.4 is 0 Å². The molecule has 0 aromatic heterocycles. The van der Waals surface area contributed by atoms with Crippen LogP contribution in [-0.4, -0.2) is 87.4 Å². The Labute approximate surface area is 651 Å². The normalized spacial score (nSPS) is 13.1. The number of ether oxygens (including phenoxy) is 4. The molecule has 0 radical (unpaired) electrons. The predicted octanol–water partition coefficient (Wildman–Crippen LogP) is 29.6. The maximum Gasteiger partial charge on any atom is 0.361 e. The van der Waals surface area contributed by atoms with Crippen molar-refractivity contribution < 1.29 is 42.9 Å². The fraction of sp³-hybridized carbons (Fsp3) is 0.781. The van der Waals surface area contributed by atoms with Crippen molar-refractivity contribution in [1.29, 1.82) is 0 Å². The number of unbranched alkanes of at least 4 members (excludes halogenated alkanes) is 51. The number of quaternary nitrogens is 1. The average molecular weight is 1470 g/mol. The number of carbonyl (C=O) groups is 3. The summed E-state index contributed by atoms with van der Waals surface area (Å²) < 4.78 is 23.1. The Bertz CT molecular complexity index is 2110. The Balaban J connectivity index is 3.96. The highest BCUT2D eigenvalue weighted by Gasteiger charge is 2.25. The van der Waals surface area contributed by atoms with E-state index in [-0.39, 0.29) is 32.2 Å². The van der Waals surface area contributed by atoms with Crippen LogP contribution in [0.3, 0.4) is 0 Å². The quantitative estimate of drug-likeness (QED) is 0.0211. The minimum atomic E-state index is -1.52. The molecule has 0 bridgehead atoms. The van der Waals surface area contributed by atoms with E-state index in [0.717, 1.165) is 103 Å². The van der Waals surface area contributed by atoms with Crippen LogP contribution in [0.1, 0.15) is 425 Å². The zero-order valence-corrected chi connectivity index (χ0v) is 69.9. The number of likely N-dealkylation sites (N-methyl/N-ethyl adjacent to an activating group) is 1. The van der Waals surface area contributed by atoms with Crippen LogP contribution >= 0.6 is 0 Å². The largest absolute Gasteiger partial charge is 0.477 e. The third kappa shape index (κ3) is 87.1. The summed E-state index contributed by atoms with van der Waals surface area (Å²) in [7, 11) is 6.00. The second kappa shape index (κ2) is 85.6. The number of allylic oxidation sites excluding steroid dienone is 18. The molecule has 0 aliphatic heterocycles. The molecular weight excluding hydrogens is 1300 g/mol. The van der Waals surface area contributed by atoms with E-state index in [1.807, 2.05) is 21.1 Å². The van der Waals surface area contributed by atoms with Gasteiger partial charge in [0.1, 0.15) is 13.2 Å². The number of carboxylic acids is 1. The molecule has 0 aliphatic rings. The van der Waals surface area contributed by atoms with Gasteiger partial charge in [0.15, 0.2) is 6.10 Å². The predicted molar refractivity (Wildman–Crippen MR) is 456 cm³/mol. The SMILES string of the molecule is CC/C=C\C/C=C\C/C=C\C/C=C\C/C=C\C/C=C\C/C=C\C/C=C\C/C=C\CCCCCCCCCCCCCCCC(=O)OC(COC(=O)CCCCCCCCCCCCCCCCCCCCCCCCCCCCCCCCCCCCCCCCC)COC(OCC[N+](C)(C)C)C(=O)O. The molecule has 0 rings (SSSR count). The van der Waals surface area contributed by atoms with Crippen LogP contribution in [0.15, 0.2) is 109 Å². The highest BCUT2D eigenvalue weighted by Crippen LogP contribution is 2.20. The van der Waals surface area contributed by atoms with E-state index < -0.39 is 24.3 Å². The van der Waals surface area contributed by atoms with E-state index >= 15 is 0 Å². The van der Waals surface area contributed by atoms with E-state index in [4.69, 9.17) is 18.9 Å². The van der Waals surface area contributed by atoms with Crippen molar-refractivity contribution in [3.8, 4) is 0 Å². The van der Waals surface area contributed by atoms with Gasteiger partial charge in [0.05, 0.1) is 34.4 Å². The summed E-state index contributed by atoms with van der Waals surface area (Å²) in [6, 6.07) is 0. The van der Waals surface area contributed by atoms with E-state index in [9.17, 15) is 19.5 Å². The Morgan fingerprint density at radius 2 is 0.543 bits per heavy atom. The molecule has 2 unspecified atom stereocenters. The molecule has 0 amide bonds. The number of carbonyl (C=O) groups excluding carboxylic acids is 2. The molecular formula is C96H172NO8+.